The van der Waals surface area contributed by atoms with Gasteiger partial charge in [-0.05, 0) is 23.1 Å². The summed E-state index contributed by atoms with van der Waals surface area (Å²) in [4.78, 5) is 0. The molecule has 1 aromatic heterocycles. The van der Waals surface area contributed by atoms with Gasteiger partial charge in [0.2, 0.25) is 0 Å². The molecule has 1 aromatic rings. The van der Waals surface area contributed by atoms with Gasteiger partial charge in [-0.1, -0.05) is 13.0 Å². The zero-order chi connectivity index (χ0) is 8.10. The average molecular weight is 204 g/mol. The molecule has 1 heterocycles. The molecular weight excluding hydrogens is 192 g/mol. The van der Waals surface area contributed by atoms with Gasteiger partial charge in [0.1, 0.15) is 0 Å². The average Bonchev–Trinajstić information content (AvgIpc) is 2.52. The largest absolute Gasteiger partial charge is 0.179 e. The van der Waals surface area contributed by atoms with Gasteiger partial charge >= 0.3 is 0 Å². The number of hydrogen-bond acceptors (Lipinski definition) is 3. The Kier molecular flexibility index (Phi) is 4.41. The summed E-state index contributed by atoms with van der Waals surface area (Å²) in [5, 5.41) is 2.12. The van der Waals surface area contributed by atoms with Crippen molar-refractivity contribution >= 4 is 35.7 Å². The van der Waals surface area contributed by atoms with Crippen molar-refractivity contribution in [3.63, 3.8) is 0 Å². The Balaban J connectivity index is 2.23. The molecule has 0 aliphatic carbocycles. The fraction of sp³-hybridized carbons (Fsp3) is 0.500. The van der Waals surface area contributed by atoms with E-state index in [0.717, 1.165) is 5.75 Å². The smallest absolute Gasteiger partial charge is 0.0598 e. The minimum atomic E-state index is 0.713. The highest BCUT2D eigenvalue weighted by atomic mass is 32.2. The number of thiophene rings is 1. The van der Waals surface area contributed by atoms with Crippen molar-refractivity contribution in [2.24, 2.45) is 5.92 Å². The number of rotatable bonds is 4. The van der Waals surface area contributed by atoms with Crippen molar-refractivity contribution in [2.45, 2.75) is 11.1 Å². The SMILES string of the molecule is CC(CS)CSc1cccs1. The maximum atomic E-state index is 4.24. The zero-order valence-electron chi connectivity index (χ0n) is 6.49. The van der Waals surface area contributed by atoms with E-state index in [4.69, 9.17) is 0 Å². The molecule has 62 valence electrons. The van der Waals surface area contributed by atoms with Gasteiger partial charge in [0.25, 0.3) is 0 Å². The third-order valence-electron chi connectivity index (χ3n) is 1.32. The second kappa shape index (κ2) is 5.12. The van der Waals surface area contributed by atoms with Crippen molar-refractivity contribution in [1.29, 1.82) is 0 Å². The van der Waals surface area contributed by atoms with Crippen LogP contribution in [0.2, 0.25) is 0 Å². The lowest BCUT2D eigenvalue weighted by Crippen LogP contribution is -1.98. The predicted octanol–water partition coefficient (Wildman–Crippen LogP) is 3.41. The van der Waals surface area contributed by atoms with Crippen molar-refractivity contribution in [2.75, 3.05) is 11.5 Å². The molecule has 1 rings (SSSR count). The molecule has 1 unspecified atom stereocenters. The molecule has 0 aliphatic heterocycles. The standard InChI is InChI=1S/C8H12S3/c1-7(5-9)6-11-8-3-2-4-10-8/h2-4,7,9H,5-6H2,1H3. The third-order valence-corrected chi connectivity index (χ3v) is 4.40. The molecule has 0 saturated carbocycles. The first-order valence-electron chi connectivity index (χ1n) is 3.60. The second-order valence-corrected chi connectivity index (χ2v) is 5.16. The summed E-state index contributed by atoms with van der Waals surface area (Å²) in [6, 6.07) is 4.26. The minimum Gasteiger partial charge on any atom is -0.179 e. The molecule has 3 heteroatoms. The van der Waals surface area contributed by atoms with Gasteiger partial charge in [-0.2, -0.15) is 12.6 Å². The summed E-state index contributed by atoms with van der Waals surface area (Å²) in [5.74, 6) is 2.88. The number of thiol groups is 1. The van der Waals surface area contributed by atoms with Gasteiger partial charge in [0.05, 0.1) is 4.21 Å². The Bertz CT molecular complexity index is 181. The highest BCUT2D eigenvalue weighted by Crippen LogP contribution is 2.25. The van der Waals surface area contributed by atoms with Gasteiger partial charge in [-0.3, -0.25) is 0 Å². The molecule has 0 bridgehead atoms. The quantitative estimate of drug-likeness (QED) is 0.579. The van der Waals surface area contributed by atoms with Crippen LogP contribution in [0.3, 0.4) is 0 Å². The van der Waals surface area contributed by atoms with E-state index >= 15 is 0 Å². The van der Waals surface area contributed by atoms with E-state index in [2.05, 4.69) is 37.1 Å². The van der Waals surface area contributed by atoms with Gasteiger partial charge in [0, 0.05) is 5.75 Å². The minimum absolute atomic E-state index is 0.713. The van der Waals surface area contributed by atoms with Crippen LogP contribution in [0.25, 0.3) is 0 Å². The van der Waals surface area contributed by atoms with Crippen molar-refractivity contribution in [1.82, 2.24) is 0 Å². The Morgan fingerprint density at radius 1 is 1.73 bits per heavy atom. The molecular formula is C8H12S3. The van der Waals surface area contributed by atoms with E-state index in [9.17, 15) is 0 Å². The maximum absolute atomic E-state index is 4.24. The summed E-state index contributed by atoms with van der Waals surface area (Å²) in [5.41, 5.74) is 0. The summed E-state index contributed by atoms with van der Waals surface area (Å²) >= 11 is 7.98. The van der Waals surface area contributed by atoms with Gasteiger partial charge in [0.15, 0.2) is 0 Å². The summed E-state index contributed by atoms with van der Waals surface area (Å²) in [6.07, 6.45) is 0. The van der Waals surface area contributed by atoms with Gasteiger partial charge in [-0.25, -0.2) is 0 Å². The van der Waals surface area contributed by atoms with Crippen molar-refractivity contribution in [3.05, 3.63) is 17.5 Å². The fourth-order valence-corrected chi connectivity index (χ4v) is 2.76. The molecule has 0 radical (unpaired) electrons. The van der Waals surface area contributed by atoms with Crippen LogP contribution in [0.15, 0.2) is 21.7 Å². The Labute approximate surface area is 81.8 Å². The van der Waals surface area contributed by atoms with Crippen molar-refractivity contribution < 1.29 is 0 Å². The molecule has 1 atom stereocenters. The van der Waals surface area contributed by atoms with Gasteiger partial charge in [-0.15, -0.1) is 23.1 Å². The van der Waals surface area contributed by atoms with E-state index in [1.54, 1.807) is 0 Å². The van der Waals surface area contributed by atoms with Crippen LogP contribution in [0.1, 0.15) is 6.92 Å². The molecule has 0 N–H and O–H groups in total. The summed E-state index contributed by atoms with van der Waals surface area (Å²) in [6.45, 7) is 2.23. The van der Waals surface area contributed by atoms with Crippen LogP contribution < -0.4 is 0 Å². The lowest BCUT2D eigenvalue weighted by Gasteiger charge is -2.04. The molecule has 11 heavy (non-hydrogen) atoms. The lowest BCUT2D eigenvalue weighted by atomic mass is 10.3. The first kappa shape index (κ1) is 9.49. The number of thioether (sulfide) groups is 1. The molecule has 0 aromatic carbocycles. The molecule has 0 fully saturated rings. The second-order valence-electron chi connectivity index (χ2n) is 2.53. The van der Waals surface area contributed by atoms with Crippen LogP contribution in [0.4, 0.5) is 0 Å². The summed E-state index contributed by atoms with van der Waals surface area (Å²) < 4.78 is 1.42. The molecule has 0 amide bonds. The first-order chi connectivity index (χ1) is 5.33. The Morgan fingerprint density at radius 3 is 3.09 bits per heavy atom. The number of hydrogen-bond donors (Lipinski definition) is 1. The monoisotopic (exact) mass is 204 g/mol. The fourth-order valence-electron chi connectivity index (χ4n) is 0.623. The highest BCUT2D eigenvalue weighted by Gasteiger charge is 2.00. The Hall–Kier alpha value is 0.400. The van der Waals surface area contributed by atoms with E-state index in [-0.39, 0.29) is 0 Å². The van der Waals surface area contributed by atoms with Crippen LogP contribution in [-0.4, -0.2) is 11.5 Å². The first-order valence-corrected chi connectivity index (χ1v) is 6.10. The molecule has 0 aliphatic rings. The highest BCUT2D eigenvalue weighted by molar-refractivity contribution is 8.01. The zero-order valence-corrected chi connectivity index (χ0v) is 9.01. The maximum Gasteiger partial charge on any atom is 0.0598 e. The van der Waals surface area contributed by atoms with Crippen LogP contribution in [0, 0.1) is 5.92 Å². The van der Waals surface area contributed by atoms with Crippen LogP contribution >= 0.6 is 35.7 Å². The van der Waals surface area contributed by atoms with Crippen LogP contribution in [-0.2, 0) is 0 Å². The van der Waals surface area contributed by atoms with Crippen LogP contribution in [0.5, 0.6) is 0 Å². The third kappa shape index (κ3) is 3.54. The predicted molar refractivity (Wildman–Crippen MR) is 58.1 cm³/mol. The summed E-state index contributed by atoms with van der Waals surface area (Å²) in [7, 11) is 0. The van der Waals surface area contributed by atoms with E-state index < -0.39 is 0 Å². The molecule has 0 nitrogen and oxygen atoms in total. The topological polar surface area (TPSA) is 0 Å². The molecule has 0 saturated heterocycles. The van der Waals surface area contributed by atoms with Crippen molar-refractivity contribution in [3.8, 4) is 0 Å². The lowest BCUT2D eigenvalue weighted by molar-refractivity contribution is 0.767. The van der Waals surface area contributed by atoms with Gasteiger partial charge < -0.3 is 0 Å². The van der Waals surface area contributed by atoms with E-state index in [1.165, 1.54) is 9.96 Å². The Morgan fingerprint density at radius 2 is 2.55 bits per heavy atom. The van der Waals surface area contributed by atoms with E-state index in [1.807, 2.05) is 23.1 Å². The normalized spacial score (nSPS) is 13.3. The molecule has 0 spiro atoms. The van der Waals surface area contributed by atoms with E-state index in [0.29, 0.717) is 5.92 Å².